The molecule has 0 bridgehead atoms. The maximum Gasteiger partial charge on any atom is 0.410 e. The summed E-state index contributed by atoms with van der Waals surface area (Å²) in [6, 6.07) is 8.11. The van der Waals surface area contributed by atoms with E-state index in [0.717, 1.165) is 37.4 Å². The Morgan fingerprint density at radius 3 is 2.15 bits per heavy atom. The highest BCUT2D eigenvalue weighted by Gasteiger charge is 2.41. The van der Waals surface area contributed by atoms with Crippen LogP contribution in [0.3, 0.4) is 0 Å². The van der Waals surface area contributed by atoms with Crippen molar-refractivity contribution in [1.82, 2.24) is 14.7 Å². The fraction of sp³-hybridized carbons (Fsp3) is 0.692. The molecular formula is C26H42N4O3. The summed E-state index contributed by atoms with van der Waals surface area (Å²) in [5.41, 5.74) is 1.15. The van der Waals surface area contributed by atoms with Crippen LogP contribution in [0.1, 0.15) is 60.1 Å². The van der Waals surface area contributed by atoms with Gasteiger partial charge >= 0.3 is 6.09 Å². The number of ether oxygens (including phenoxy) is 1. The molecule has 0 aliphatic carbocycles. The molecule has 0 unspecified atom stereocenters. The van der Waals surface area contributed by atoms with Gasteiger partial charge in [0.25, 0.3) is 0 Å². The normalized spacial score (nSPS) is 23.0. The molecule has 2 aliphatic rings. The average molecular weight is 459 g/mol. The van der Waals surface area contributed by atoms with E-state index in [1.807, 2.05) is 58.3 Å². The van der Waals surface area contributed by atoms with Crippen molar-refractivity contribution in [2.24, 2.45) is 5.41 Å². The number of piperazine rings is 2. The Labute approximate surface area is 199 Å². The maximum absolute atomic E-state index is 13.2. The summed E-state index contributed by atoms with van der Waals surface area (Å²) >= 11 is 0. The molecule has 2 atom stereocenters. The molecule has 0 N–H and O–H groups in total. The zero-order chi connectivity index (χ0) is 24.6. The lowest BCUT2D eigenvalue weighted by Crippen LogP contribution is -2.59. The van der Waals surface area contributed by atoms with Gasteiger partial charge in [-0.1, -0.05) is 32.9 Å². The first-order valence-electron chi connectivity index (χ1n) is 12.1. The number of carbonyl (C=O) groups excluding carboxylic acids is 2. The van der Waals surface area contributed by atoms with Gasteiger partial charge in [-0.2, -0.15) is 0 Å². The second-order valence-corrected chi connectivity index (χ2v) is 11.6. The molecule has 33 heavy (non-hydrogen) atoms. The van der Waals surface area contributed by atoms with Crippen molar-refractivity contribution in [1.29, 1.82) is 0 Å². The zero-order valence-corrected chi connectivity index (χ0v) is 21.7. The van der Waals surface area contributed by atoms with Crippen molar-refractivity contribution in [3.8, 4) is 0 Å². The number of nitrogens with zero attached hydrogens (tertiary/aromatic N) is 4. The molecule has 2 saturated heterocycles. The van der Waals surface area contributed by atoms with Gasteiger partial charge in [-0.05, 0) is 52.4 Å². The fourth-order valence-corrected chi connectivity index (χ4v) is 4.49. The van der Waals surface area contributed by atoms with E-state index in [2.05, 4.69) is 41.1 Å². The van der Waals surface area contributed by atoms with Gasteiger partial charge in [0.15, 0.2) is 0 Å². The Balaban J connectivity index is 1.93. The Morgan fingerprint density at radius 2 is 1.58 bits per heavy atom. The van der Waals surface area contributed by atoms with Gasteiger partial charge < -0.3 is 19.4 Å². The minimum absolute atomic E-state index is 0.0821. The highest BCUT2D eigenvalue weighted by Crippen LogP contribution is 2.34. The summed E-state index contributed by atoms with van der Waals surface area (Å²) in [6.45, 7) is 18.4. The van der Waals surface area contributed by atoms with Crippen LogP contribution in [0.4, 0.5) is 10.5 Å². The lowest BCUT2D eigenvalue weighted by Gasteiger charge is -2.47. The first kappa shape index (κ1) is 25.3. The summed E-state index contributed by atoms with van der Waals surface area (Å²) in [5.74, 6) is 0.110. The Kier molecular flexibility index (Phi) is 7.32. The number of amides is 2. The summed E-state index contributed by atoms with van der Waals surface area (Å²) in [7, 11) is 2.15. The van der Waals surface area contributed by atoms with Crippen LogP contribution in [-0.4, -0.2) is 84.7 Å². The first-order valence-corrected chi connectivity index (χ1v) is 12.1. The molecule has 0 radical (unpaired) electrons. The topological polar surface area (TPSA) is 56.3 Å². The van der Waals surface area contributed by atoms with Gasteiger partial charge in [0.05, 0.1) is 6.04 Å². The third kappa shape index (κ3) is 6.19. The van der Waals surface area contributed by atoms with Crippen LogP contribution in [0.25, 0.3) is 0 Å². The summed E-state index contributed by atoms with van der Waals surface area (Å²) in [4.78, 5) is 34.9. The van der Waals surface area contributed by atoms with Crippen LogP contribution in [0.2, 0.25) is 0 Å². The molecule has 2 amide bonds. The largest absolute Gasteiger partial charge is 0.444 e. The molecule has 0 saturated carbocycles. The van der Waals surface area contributed by atoms with Crippen molar-refractivity contribution < 1.29 is 14.3 Å². The molecule has 2 heterocycles. The maximum atomic E-state index is 13.2. The Bertz CT molecular complexity index is 850. The van der Waals surface area contributed by atoms with Gasteiger partial charge in [0, 0.05) is 56.4 Å². The average Bonchev–Trinajstić information content (AvgIpc) is 2.72. The summed E-state index contributed by atoms with van der Waals surface area (Å²) in [6.07, 6.45) is -0.327. The van der Waals surface area contributed by atoms with E-state index in [9.17, 15) is 9.59 Å². The number of anilines is 1. The van der Waals surface area contributed by atoms with Crippen LogP contribution in [-0.2, 0) is 9.53 Å². The molecule has 7 heteroatoms. The molecule has 7 nitrogen and oxygen atoms in total. The van der Waals surface area contributed by atoms with E-state index < -0.39 is 11.0 Å². The van der Waals surface area contributed by atoms with Crippen LogP contribution in [0, 0.1) is 5.41 Å². The Hall–Kier alpha value is -2.28. The molecule has 184 valence electrons. The molecule has 3 rings (SSSR count). The van der Waals surface area contributed by atoms with Crippen molar-refractivity contribution in [2.75, 3.05) is 51.2 Å². The molecule has 2 aliphatic heterocycles. The van der Waals surface area contributed by atoms with Crippen molar-refractivity contribution in [3.05, 3.63) is 29.8 Å². The first-order chi connectivity index (χ1) is 15.3. The molecule has 1 aromatic carbocycles. The van der Waals surface area contributed by atoms with E-state index in [0.29, 0.717) is 13.1 Å². The minimum atomic E-state index is -0.578. The van der Waals surface area contributed by atoms with Gasteiger partial charge in [0.2, 0.25) is 5.91 Å². The smallest absolute Gasteiger partial charge is 0.410 e. The molecular weight excluding hydrogens is 416 g/mol. The van der Waals surface area contributed by atoms with Gasteiger partial charge in [-0.15, -0.1) is 0 Å². The van der Waals surface area contributed by atoms with Gasteiger partial charge in [0.1, 0.15) is 5.60 Å². The predicted octanol–water partition coefficient (Wildman–Crippen LogP) is 3.99. The lowest BCUT2D eigenvalue weighted by atomic mass is 9.91. The highest BCUT2D eigenvalue weighted by molar-refractivity contribution is 5.82. The summed E-state index contributed by atoms with van der Waals surface area (Å²) in [5, 5.41) is 0. The SMILES string of the molecule is C[C@@H]1CN(C(=O)OC(C)(C)C)[C@H](c2cccc(N3CCN(C)CC3)c2)CN1C(=O)C(C)(C)C. The number of likely N-dealkylation sites (N-methyl/N-ethyl adjacent to an activating group) is 1. The van der Waals surface area contributed by atoms with Crippen LogP contribution in [0.15, 0.2) is 24.3 Å². The van der Waals surface area contributed by atoms with Crippen LogP contribution < -0.4 is 4.90 Å². The molecule has 0 spiro atoms. The van der Waals surface area contributed by atoms with Crippen molar-refractivity contribution in [3.63, 3.8) is 0 Å². The van der Waals surface area contributed by atoms with Gasteiger partial charge in [-0.25, -0.2) is 4.79 Å². The highest BCUT2D eigenvalue weighted by atomic mass is 16.6. The van der Waals surface area contributed by atoms with E-state index in [4.69, 9.17) is 4.74 Å². The molecule has 0 aromatic heterocycles. The minimum Gasteiger partial charge on any atom is -0.444 e. The lowest BCUT2D eigenvalue weighted by molar-refractivity contribution is -0.145. The zero-order valence-electron chi connectivity index (χ0n) is 21.7. The molecule has 2 fully saturated rings. The monoisotopic (exact) mass is 458 g/mol. The number of benzene rings is 1. The predicted molar refractivity (Wildman–Crippen MR) is 132 cm³/mol. The third-order valence-electron chi connectivity index (χ3n) is 6.39. The standard InChI is InChI=1S/C26H42N4O3/c1-19-17-30(24(32)33-26(5,6)7)22(18-29(19)23(31)25(2,3)4)20-10-9-11-21(16-20)28-14-12-27(8)13-15-28/h9-11,16,19,22H,12-15,17-18H2,1-8H3/t19-,22+/m1/s1. The summed E-state index contributed by atoms with van der Waals surface area (Å²) < 4.78 is 5.77. The van der Waals surface area contributed by atoms with E-state index in [-0.39, 0.29) is 24.1 Å². The van der Waals surface area contributed by atoms with Crippen molar-refractivity contribution in [2.45, 2.75) is 66.2 Å². The van der Waals surface area contributed by atoms with Crippen molar-refractivity contribution >= 4 is 17.7 Å². The van der Waals surface area contributed by atoms with Gasteiger partial charge in [-0.3, -0.25) is 9.69 Å². The number of hydrogen-bond donors (Lipinski definition) is 0. The van der Waals surface area contributed by atoms with E-state index >= 15 is 0 Å². The second kappa shape index (κ2) is 9.53. The quantitative estimate of drug-likeness (QED) is 0.671. The van der Waals surface area contributed by atoms with E-state index in [1.54, 1.807) is 0 Å². The van der Waals surface area contributed by atoms with Crippen LogP contribution in [0.5, 0.6) is 0 Å². The number of rotatable bonds is 2. The number of hydrogen-bond acceptors (Lipinski definition) is 5. The second-order valence-electron chi connectivity index (χ2n) is 11.6. The number of carbonyl (C=O) groups is 2. The fourth-order valence-electron chi connectivity index (χ4n) is 4.49. The Morgan fingerprint density at radius 1 is 0.939 bits per heavy atom. The van der Waals surface area contributed by atoms with Crippen LogP contribution >= 0.6 is 0 Å². The van der Waals surface area contributed by atoms with E-state index in [1.165, 1.54) is 0 Å². The third-order valence-corrected chi connectivity index (χ3v) is 6.39. The molecule has 1 aromatic rings.